The van der Waals surface area contributed by atoms with E-state index in [1.807, 2.05) is 38.3 Å². The molecule has 0 aliphatic heterocycles. The number of hydrogen-bond acceptors (Lipinski definition) is 3. The highest BCUT2D eigenvalue weighted by atomic mass is 32.2. The van der Waals surface area contributed by atoms with Gasteiger partial charge in [-0.05, 0) is 38.1 Å². The molecule has 0 amide bonds. The van der Waals surface area contributed by atoms with E-state index in [1.54, 1.807) is 12.1 Å². The summed E-state index contributed by atoms with van der Waals surface area (Å²) >= 11 is 0. The zero-order valence-corrected chi connectivity index (χ0v) is 11.6. The maximum atomic E-state index is 11.9. The molecular formula is C13H20N2O2S. The van der Waals surface area contributed by atoms with Crippen LogP contribution in [0, 0.1) is 0 Å². The third kappa shape index (κ3) is 4.60. The Bertz CT molecular complexity index is 478. The Morgan fingerprint density at radius 2 is 1.89 bits per heavy atom. The fourth-order valence-electron chi connectivity index (χ4n) is 1.52. The minimum absolute atomic E-state index is 0.308. The Kier molecular flexibility index (Phi) is 6.04. The fraction of sp³-hybridized carbons (Fsp3) is 0.385. The molecule has 0 spiro atoms. The monoisotopic (exact) mass is 268 g/mol. The van der Waals surface area contributed by atoms with Gasteiger partial charge in [-0.25, -0.2) is 13.1 Å². The highest BCUT2D eigenvalue weighted by molar-refractivity contribution is 7.89. The quantitative estimate of drug-likeness (QED) is 0.584. The number of sulfonamides is 1. The normalized spacial score (nSPS) is 12.1. The van der Waals surface area contributed by atoms with Crippen molar-refractivity contribution >= 4 is 10.0 Å². The minimum Gasteiger partial charge on any atom is -0.316 e. The van der Waals surface area contributed by atoms with Crippen molar-refractivity contribution < 1.29 is 8.42 Å². The lowest BCUT2D eigenvalue weighted by Gasteiger charge is -2.06. The Hall–Kier alpha value is -1.17. The highest BCUT2D eigenvalue weighted by Crippen LogP contribution is 2.10. The lowest BCUT2D eigenvalue weighted by molar-refractivity contribution is 0.582. The summed E-state index contributed by atoms with van der Waals surface area (Å²) in [5.74, 6) is 0. The van der Waals surface area contributed by atoms with Crippen LogP contribution in [0.4, 0.5) is 0 Å². The molecule has 100 valence electrons. The smallest absolute Gasteiger partial charge is 0.240 e. The van der Waals surface area contributed by atoms with E-state index >= 15 is 0 Å². The van der Waals surface area contributed by atoms with Crippen LogP contribution in [-0.2, 0) is 16.6 Å². The number of nitrogens with one attached hydrogen (secondary N) is 2. The molecule has 18 heavy (non-hydrogen) atoms. The van der Waals surface area contributed by atoms with E-state index in [2.05, 4.69) is 10.0 Å². The summed E-state index contributed by atoms with van der Waals surface area (Å²) in [5, 5.41) is 3.02. The van der Waals surface area contributed by atoms with Crippen LogP contribution in [0.1, 0.15) is 18.9 Å². The number of hydrogen-bond donors (Lipinski definition) is 2. The van der Waals surface area contributed by atoms with Crippen molar-refractivity contribution in [2.24, 2.45) is 0 Å². The van der Waals surface area contributed by atoms with Gasteiger partial charge in [0, 0.05) is 13.1 Å². The van der Waals surface area contributed by atoms with Crippen LogP contribution in [-0.4, -0.2) is 22.0 Å². The lowest BCUT2D eigenvalue weighted by Crippen LogP contribution is -2.24. The molecule has 0 fully saturated rings. The topological polar surface area (TPSA) is 58.2 Å². The number of rotatable bonds is 7. The van der Waals surface area contributed by atoms with Crippen LogP contribution in [0.3, 0.4) is 0 Å². The van der Waals surface area contributed by atoms with Crippen molar-refractivity contribution in [2.45, 2.75) is 24.8 Å². The molecule has 0 saturated carbocycles. The van der Waals surface area contributed by atoms with Gasteiger partial charge in [0.2, 0.25) is 10.0 Å². The molecule has 4 nitrogen and oxygen atoms in total. The molecule has 0 aliphatic rings. The number of allylic oxidation sites excluding steroid dienone is 1. The van der Waals surface area contributed by atoms with E-state index in [4.69, 9.17) is 0 Å². The van der Waals surface area contributed by atoms with Gasteiger partial charge in [-0.3, -0.25) is 0 Å². The first kappa shape index (κ1) is 14.9. The van der Waals surface area contributed by atoms with Gasteiger partial charge in [0.15, 0.2) is 0 Å². The predicted molar refractivity (Wildman–Crippen MR) is 73.8 cm³/mol. The van der Waals surface area contributed by atoms with E-state index in [-0.39, 0.29) is 0 Å². The van der Waals surface area contributed by atoms with Gasteiger partial charge in [0.05, 0.1) is 4.90 Å². The fourth-order valence-corrected chi connectivity index (χ4v) is 2.56. The largest absolute Gasteiger partial charge is 0.316 e. The third-order valence-corrected chi connectivity index (χ3v) is 3.93. The minimum atomic E-state index is -3.38. The highest BCUT2D eigenvalue weighted by Gasteiger charge is 2.12. The van der Waals surface area contributed by atoms with Crippen LogP contribution in [0.25, 0.3) is 0 Å². The lowest BCUT2D eigenvalue weighted by atomic mass is 10.2. The molecule has 0 bridgehead atoms. The molecule has 2 N–H and O–H groups in total. The zero-order valence-electron chi connectivity index (χ0n) is 10.8. The third-order valence-electron chi connectivity index (χ3n) is 2.45. The van der Waals surface area contributed by atoms with Gasteiger partial charge in [0.25, 0.3) is 0 Å². The van der Waals surface area contributed by atoms with Crippen LogP contribution in [0.2, 0.25) is 0 Å². The molecule has 0 atom stereocenters. The molecule has 0 unspecified atom stereocenters. The van der Waals surface area contributed by atoms with Crippen LogP contribution < -0.4 is 10.0 Å². The van der Waals surface area contributed by atoms with Crippen molar-refractivity contribution in [3.63, 3.8) is 0 Å². The second-order valence-electron chi connectivity index (χ2n) is 3.93. The molecule has 0 heterocycles. The first-order valence-electron chi connectivity index (χ1n) is 5.94. The molecule has 1 aromatic rings. The molecule has 1 aromatic carbocycles. The maximum absolute atomic E-state index is 11.9. The molecule has 0 aromatic heterocycles. The first-order chi connectivity index (χ1) is 8.60. The van der Waals surface area contributed by atoms with Gasteiger partial charge in [0.1, 0.15) is 0 Å². The molecule has 0 aliphatic carbocycles. The zero-order chi connectivity index (χ0) is 13.4. The SMILES string of the molecule is C/C=C/CCNS(=O)(=O)c1ccc(CNC)cc1. The van der Waals surface area contributed by atoms with Crippen LogP contribution in [0.15, 0.2) is 41.3 Å². The Morgan fingerprint density at radius 1 is 1.22 bits per heavy atom. The van der Waals surface area contributed by atoms with Gasteiger partial charge in [-0.1, -0.05) is 24.3 Å². The summed E-state index contributed by atoms with van der Waals surface area (Å²) in [6, 6.07) is 6.89. The average molecular weight is 268 g/mol. The van der Waals surface area contributed by atoms with Gasteiger partial charge in [-0.15, -0.1) is 0 Å². The van der Waals surface area contributed by atoms with E-state index in [1.165, 1.54) is 0 Å². The van der Waals surface area contributed by atoms with Crippen LogP contribution in [0.5, 0.6) is 0 Å². The second kappa shape index (κ2) is 7.31. The van der Waals surface area contributed by atoms with E-state index in [0.29, 0.717) is 17.9 Å². The summed E-state index contributed by atoms with van der Waals surface area (Å²) in [5.41, 5.74) is 1.06. The molecule has 5 heteroatoms. The van der Waals surface area contributed by atoms with Gasteiger partial charge >= 0.3 is 0 Å². The average Bonchev–Trinajstić information content (AvgIpc) is 2.36. The maximum Gasteiger partial charge on any atom is 0.240 e. The predicted octanol–water partition coefficient (Wildman–Crippen LogP) is 1.65. The van der Waals surface area contributed by atoms with E-state index < -0.39 is 10.0 Å². The van der Waals surface area contributed by atoms with E-state index in [0.717, 1.165) is 12.1 Å². The van der Waals surface area contributed by atoms with Crippen molar-refractivity contribution in [3.05, 3.63) is 42.0 Å². The number of benzene rings is 1. The van der Waals surface area contributed by atoms with Crippen molar-refractivity contribution in [1.29, 1.82) is 0 Å². The Balaban J connectivity index is 2.66. The van der Waals surface area contributed by atoms with Crippen molar-refractivity contribution in [3.8, 4) is 0 Å². The molecule has 0 saturated heterocycles. The molecule has 1 rings (SSSR count). The van der Waals surface area contributed by atoms with Crippen molar-refractivity contribution in [1.82, 2.24) is 10.0 Å². The second-order valence-corrected chi connectivity index (χ2v) is 5.70. The standard InChI is InChI=1S/C13H20N2O2S/c1-3-4-5-10-15-18(16,17)13-8-6-12(7-9-13)11-14-2/h3-4,6-9,14-15H,5,10-11H2,1-2H3/b4-3+. The van der Waals surface area contributed by atoms with E-state index in [9.17, 15) is 8.42 Å². The molecule has 0 radical (unpaired) electrons. The summed E-state index contributed by atoms with van der Waals surface area (Å²) < 4.78 is 26.4. The van der Waals surface area contributed by atoms with Crippen molar-refractivity contribution in [2.75, 3.05) is 13.6 Å². The van der Waals surface area contributed by atoms with Crippen LogP contribution >= 0.6 is 0 Å². The Morgan fingerprint density at radius 3 is 2.44 bits per heavy atom. The summed E-state index contributed by atoms with van der Waals surface area (Å²) in [4.78, 5) is 0.308. The Labute approximate surface area is 109 Å². The summed E-state index contributed by atoms with van der Waals surface area (Å²) in [6.07, 6.45) is 4.53. The molecular weight excluding hydrogens is 248 g/mol. The summed E-state index contributed by atoms with van der Waals surface area (Å²) in [6.45, 7) is 3.06. The van der Waals surface area contributed by atoms with Gasteiger partial charge < -0.3 is 5.32 Å². The first-order valence-corrected chi connectivity index (χ1v) is 7.43. The van der Waals surface area contributed by atoms with Gasteiger partial charge in [-0.2, -0.15) is 0 Å². The summed E-state index contributed by atoms with van der Waals surface area (Å²) in [7, 11) is -1.52.